The van der Waals surface area contributed by atoms with Gasteiger partial charge in [0.2, 0.25) is 5.91 Å². The van der Waals surface area contributed by atoms with Gasteiger partial charge in [0.05, 0.1) is 37.2 Å². The fourth-order valence-corrected chi connectivity index (χ4v) is 5.22. The molecule has 2 saturated heterocycles. The molecule has 0 unspecified atom stereocenters. The van der Waals surface area contributed by atoms with Crippen LogP contribution in [-0.4, -0.2) is 38.1 Å². The van der Waals surface area contributed by atoms with Crippen LogP contribution in [0.3, 0.4) is 0 Å². The highest BCUT2D eigenvalue weighted by molar-refractivity contribution is 6.24. The van der Waals surface area contributed by atoms with Crippen LogP contribution in [0.1, 0.15) is 22.0 Å². The van der Waals surface area contributed by atoms with E-state index in [1.807, 2.05) is 36.4 Å². The van der Waals surface area contributed by atoms with Gasteiger partial charge in [0, 0.05) is 0 Å². The number of anilines is 2. The molecule has 0 saturated carbocycles. The quantitative estimate of drug-likeness (QED) is 0.181. The van der Waals surface area contributed by atoms with Gasteiger partial charge < -0.3 is 14.2 Å². The summed E-state index contributed by atoms with van der Waals surface area (Å²) in [5.41, 5.74) is 2.16. The van der Waals surface area contributed by atoms with Crippen LogP contribution in [0.5, 0.6) is 17.2 Å². The average molecular weight is 551 g/mol. The molecule has 0 radical (unpaired) electrons. The topological polar surface area (TPSA) is 94.6 Å². The van der Waals surface area contributed by atoms with Crippen molar-refractivity contribution in [1.29, 1.82) is 0 Å². The molecule has 0 spiro atoms. The maximum atomic E-state index is 13.9. The highest BCUT2D eigenvalue weighted by Gasteiger charge is 2.60. The number of carbonyl (C=O) groups excluding carboxylic acids is 3. The van der Waals surface area contributed by atoms with Crippen LogP contribution in [-0.2, 0) is 14.4 Å². The van der Waals surface area contributed by atoms with Crippen molar-refractivity contribution in [2.45, 2.75) is 12.1 Å². The summed E-state index contributed by atoms with van der Waals surface area (Å²) in [4.78, 5) is 47.6. The molecule has 4 aromatic carbocycles. The minimum atomic E-state index is -1.03. The number of hydrogen-bond acceptors (Lipinski definition) is 8. The summed E-state index contributed by atoms with van der Waals surface area (Å²) < 4.78 is 16.4. The molecule has 2 aliphatic heterocycles. The highest BCUT2D eigenvalue weighted by Crippen LogP contribution is 2.48. The molecule has 2 fully saturated rings. The molecular formula is C32H26N2O7. The van der Waals surface area contributed by atoms with E-state index >= 15 is 0 Å². The van der Waals surface area contributed by atoms with Gasteiger partial charge >= 0.3 is 5.97 Å². The maximum Gasteiger partial charge on any atom is 0.343 e. The first-order valence-corrected chi connectivity index (χ1v) is 13.0. The minimum Gasteiger partial charge on any atom is -0.497 e. The summed E-state index contributed by atoms with van der Waals surface area (Å²) in [7, 11) is 3.02. The molecule has 9 nitrogen and oxygen atoms in total. The molecule has 41 heavy (non-hydrogen) atoms. The van der Waals surface area contributed by atoms with E-state index in [9.17, 15) is 14.4 Å². The average Bonchev–Trinajstić information content (AvgIpc) is 3.53. The van der Waals surface area contributed by atoms with Crippen molar-refractivity contribution in [3.8, 4) is 17.2 Å². The number of methoxy groups -OCH3 is 2. The largest absolute Gasteiger partial charge is 0.497 e. The standard InChI is InChI=1S/C32H26N2O7/c1-38-24-16-14-22(15-17-24)33-30(35)27-28(34(41-29(27)31(33)36)23-11-7-4-8-12-23)21-13-18-25(26(19-21)39-2)40-32(37)20-9-5-3-6-10-20/h3-19,27-29H,1-2H3/t27-,28-,29-/m1/s1. The van der Waals surface area contributed by atoms with E-state index in [0.29, 0.717) is 34.0 Å². The Bertz CT molecular complexity index is 1590. The van der Waals surface area contributed by atoms with Crippen molar-refractivity contribution in [2.75, 3.05) is 24.2 Å². The zero-order valence-electron chi connectivity index (χ0n) is 22.3. The van der Waals surface area contributed by atoms with Crippen molar-refractivity contribution in [3.05, 3.63) is 114 Å². The Kier molecular flexibility index (Phi) is 6.86. The lowest BCUT2D eigenvalue weighted by Gasteiger charge is -2.29. The van der Waals surface area contributed by atoms with Gasteiger partial charge in [-0.25, -0.2) is 14.8 Å². The summed E-state index contributed by atoms with van der Waals surface area (Å²) in [6.45, 7) is 0. The molecule has 2 heterocycles. The first-order chi connectivity index (χ1) is 20.0. The molecule has 9 heteroatoms. The number of esters is 1. The molecule has 0 N–H and O–H groups in total. The SMILES string of the molecule is COc1ccc(N2C(=O)[C@@H]3[C@@H](c4ccc(OC(=O)c5ccccc5)c(OC)c4)N(c4ccccc4)O[C@H]3C2=O)cc1. The number of nitrogens with zero attached hydrogens (tertiary/aromatic N) is 2. The number of ether oxygens (including phenoxy) is 3. The fraction of sp³-hybridized carbons (Fsp3) is 0.156. The Balaban J connectivity index is 1.37. The lowest BCUT2D eigenvalue weighted by molar-refractivity contribution is -0.126. The number of carbonyl (C=O) groups is 3. The lowest BCUT2D eigenvalue weighted by atomic mass is 9.90. The van der Waals surface area contributed by atoms with Crippen LogP contribution in [0.2, 0.25) is 0 Å². The Labute approximate surface area is 236 Å². The van der Waals surface area contributed by atoms with Crippen LogP contribution >= 0.6 is 0 Å². The number of benzene rings is 4. The zero-order valence-corrected chi connectivity index (χ0v) is 22.3. The number of amides is 2. The molecule has 2 amide bonds. The molecule has 0 aromatic heterocycles. The van der Waals surface area contributed by atoms with Gasteiger partial charge in [-0.3, -0.25) is 14.4 Å². The van der Waals surface area contributed by atoms with Crippen molar-refractivity contribution in [1.82, 2.24) is 0 Å². The predicted octanol–water partition coefficient (Wildman–Crippen LogP) is 4.97. The van der Waals surface area contributed by atoms with Crippen LogP contribution in [0.25, 0.3) is 0 Å². The molecule has 6 rings (SSSR count). The summed E-state index contributed by atoms with van der Waals surface area (Å²) in [6, 6.07) is 29.0. The van der Waals surface area contributed by atoms with Gasteiger partial charge in [0.1, 0.15) is 11.7 Å². The Hall–Kier alpha value is -5.15. The lowest BCUT2D eigenvalue weighted by Crippen LogP contribution is -2.37. The molecule has 4 aromatic rings. The van der Waals surface area contributed by atoms with Gasteiger partial charge in [-0.1, -0.05) is 42.5 Å². The van der Waals surface area contributed by atoms with Crippen molar-refractivity contribution in [2.24, 2.45) is 5.92 Å². The van der Waals surface area contributed by atoms with E-state index in [2.05, 4.69) is 0 Å². The van der Waals surface area contributed by atoms with Gasteiger partial charge in [-0.15, -0.1) is 0 Å². The molecule has 2 aliphatic rings. The van der Waals surface area contributed by atoms with Gasteiger partial charge in [0.25, 0.3) is 5.91 Å². The zero-order chi connectivity index (χ0) is 28.5. The van der Waals surface area contributed by atoms with Crippen molar-refractivity contribution >= 4 is 29.2 Å². The highest BCUT2D eigenvalue weighted by atomic mass is 16.7. The minimum absolute atomic E-state index is 0.223. The van der Waals surface area contributed by atoms with Gasteiger partial charge in [0.15, 0.2) is 17.6 Å². The smallest absolute Gasteiger partial charge is 0.343 e. The summed E-state index contributed by atoms with van der Waals surface area (Å²) in [5, 5.41) is 1.60. The summed E-state index contributed by atoms with van der Waals surface area (Å²) >= 11 is 0. The number of imide groups is 1. The van der Waals surface area contributed by atoms with E-state index in [1.54, 1.807) is 78.9 Å². The maximum absolute atomic E-state index is 13.9. The van der Waals surface area contributed by atoms with Crippen LogP contribution in [0.4, 0.5) is 11.4 Å². The second kappa shape index (κ2) is 10.8. The Morgan fingerprint density at radius 2 is 1.41 bits per heavy atom. The molecule has 206 valence electrons. The first kappa shape index (κ1) is 26.1. The summed E-state index contributed by atoms with van der Waals surface area (Å²) in [5.74, 6) is -1.07. The molecular weight excluding hydrogens is 524 g/mol. The molecule has 0 bridgehead atoms. The number of rotatable bonds is 7. The van der Waals surface area contributed by atoms with E-state index in [4.69, 9.17) is 19.0 Å². The van der Waals surface area contributed by atoms with E-state index < -0.39 is 29.9 Å². The summed E-state index contributed by atoms with van der Waals surface area (Å²) in [6.07, 6.45) is -1.03. The number of hydrogen-bond donors (Lipinski definition) is 0. The monoisotopic (exact) mass is 550 g/mol. The van der Waals surface area contributed by atoms with Crippen molar-refractivity contribution in [3.63, 3.8) is 0 Å². The third-order valence-electron chi connectivity index (χ3n) is 7.20. The Morgan fingerprint density at radius 3 is 2.07 bits per heavy atom. The number of hydroxylamine groups is 1. The van der Waals surface area contributed by atoms with E-state index in [1.165, 1.54) is 7.11 Å². The van der Waals surface area contributed by atoms with E-state index in [0.717, 1.165) is 4.90 Å². The fourth-order valence-electron chi connectivity index (χ4n) is 5.22. The normalized spacial score (nSPS) is 19.7. The van der Waals surface area contributed by atoms with Crippen LogP contribution in [0, 0.1) is 5.92 Å². The van der Waals surface area contributed by atoms with Crippen LogP contribution in [0.15, 0.2) is 103 Å². The van der Waals surface area contributed by atoms with Gasteiger partial charge in [-0.05, 0) is 66.2 Å². The number of para-hydroxylation sites is 1. The first-order valence-electron chi connectivity index (χ1n) is 13.0. The van der Waals surface area contributed by atoms with Crippen molar-refractivity contribution < 1.29 is 33.4 Å². The third kappa shape index (κ3) is 4.66. The van der Waals surface area contributed by atoms with Gasteiger partial charge in [-0.2, -0.15) is 0 Å². The Morgan fingerprint density at radius 1 is 0.732 bits per heavy atom. The third-order valence-corrected chi connectivity index (χ3v) is 7.20. The molecule has 0 aliphatic carbocycles. The second-order valence-corrected chi connectivity index (χ2v) is 9.53. The van der Waals surface area contributed by atoms with Crippen LogP contribution < -0.4 is 24.2 Å². The second-order valence-electron chi connectivity index (χ2n) is 9.53. The predicted molar refractivity (Wildman–Crippen MR) is 150 cm³/mol. The van der Waals surface area contributed by atoms with E-state index in [-0.39, 0.29) is 11.7 Å². The number of fused-ring (bicyclic) bond motifs is 1. The molecule has 3 atom stereocenters.